The second-order valence-electron chi connectivity index (χ2n) is 5.42. The third-order valence-corrected chi connectivity index (χ3v) is 3.85. The first-order valence-corrected chi connectivity index (χ1v) is 7.64. The van der Waals surface area contributed by atoms with E-state index >= 15 is 0 Å². The summed E-state index contributed by atoms with van der Waals surface area (Å²) in [6.45, 7) is 4.17. The number of benzene rings is 2. The van der Waals surface area contributed by atoms with Crippen LogP contribution in [-0.2, 0) is 11.3 Å². The van der Waals surface area contributed by atoms with E-state index in [1.165, 1.54) is 4.90 Å². The number of imide groups is 1. The maximum absolute atomic E-state index is 12.5. The Balaban J connectivity index is 1.79. The third-order valence-electron chi connectivity index (χ3n) is 3.85. The molecular formula is C19H18NO3. The van der Waals surface area contributed by atoms with Crippen LogP contribution in [0.4, 0.5) is 0 Å². The highest BCUT2D eigenvalue weighted by molar-refractivity contribution is 6.21. The fraction of sp³-hybridized carbons (Fsp3) is 0.211. The number of hydrogen-bond donors (Lipinski definition) is 0. The molecule has 0 aliphatic carbocycles. The fourth-order valence-electron chi connectivity index (χ4n) is 2.70. The molecule has 0 N–H and O–H groups in total. The van der Waals surface area contributed by atoms with Crippen molar-refractivity contribution in [3.05, 3.63) is 78.2 Å². The summed E-state index contributed by atoms with van der Waals surface area (Å²) < 4.78 is 5.87. The van der Waals surface area contributed by atoms with E-state index in [9.17, 15) is 9.59 Å². The van der Waals surface area contributed by atoms with Crippen LogP contribution in [0.2, 0.25) is 0 Å². The lowest BCUT2D eigenvalue weighted by Crippen LogP contribution is -2.41. The molecular weight excluding hydrogens is 290 g/mol. The van der Waals surface area contributed by atoms with Gasteiger partial charge in [-0.3, -0.25) is 9.59 Å². The molecule has 1 heterocycles. The summed E-state index contributed by atoms with van der Waals surface area (Å²) in [5.74, 6) is -0.589. The van der Waals surface area contributed by atoms with Gasteiger partial charge in [0.15, 0.2) is 0 Å². The Hall–Kier alpha value is -2.46. The van der Waals surface area contributed by atoms with Crippen LogP contribution in [-0.4, -0.2) is 22.9 Å². The normalized spacial score (nSPS) is 14.9. The van der Waals surface area contributed by atoms with E-state index in [0.717, 1.165) is 5.56 Å². The zero-order valence-corrected chi connectivity index (χ0v) is 12.8. The van der Waals surface area contributed by atoms with E-state index in [4.69, 9.17) is 4.74 Å². The van der Waals surface area contributed by atoms with Gasteiger partial charge in [0.05, 0.1) is 17.7 Å². The molecule has 0 spiro atoms. The molecule has 0 saturated carbocycles. The summed E-state index contributed by atoms with van der Waals surface area (Å²) in [6.07, 6.45) is 0.491. The molecule has 0 saturated heterocycles. The molecule has 2 aromatic rings. The van der Waals surface area contributed by atoms with Gasteiger partial charge in [0, 0.05) is 0 Å². The quantitative estimate of drug-likeness (QED) is 0.768. The predicted molar refractivity (Wildman–Crippen MR) is 86.6 cm³/mol. The van der Waals surface area contributed by atoms with Gasteiger partial charge in [0.25, 0.3) is 11.8 Å². The van der Waals surface area contributed by atoms with Gasteiger partial charge in [0.2, 0.25) is 0 Å². The fourth-order valence-corrected chi connectivity index (χ4v) is 2.70. The molecule has 4 nitrogen and oxygen atoms in total. The summed E-state index contributed by atoms with van der Waals surface area (Å²) in [4.78, 5) is 26.3. The minimum atomic E-state index is -0.597. The van der Waals surface area contributed by atoms with Gasteiger partial charge in [0.1, 0.15) is 6.23 Å². The topological polar surface area (TPSA) is 46.6 Å². The lowest BCUT2D eigenvalue weighted by molar-refractivity contribution is -0.0445. The van der Waals surface area contributed by atoms with Gasteiger partial charge in [-0.05, 0) is 30.5 Å². The molecule has 2 amide bonds. The minimum Gasteiger partial charge on any atom is -0.353 e. The molecule has 3 rings (SSSR count). The summed E-state index contributed by atoms with van der Waals surface area (Å²) >= 11 is 0. The highest BCUT2D eigenvalue weighted by Crippen LogP contribution is 2.26. The van der Waals surface area contributed by atoms with Crippen molar-refractivity contribution in [2.24, 2.45) is 0 Å². The zero-order valence-electron chi connectivity index (χ0n) is 12.8. The Kier molecular flexibility index (Phi) is 4.53. The van der Waals surface area contributed by atoms with Crippen LogP contribution in [0, 0.1) is 6.92 Å². The Labute approximate surface area is 135 Å². The van der Waals surface area contributed by atoms with Crippen molar-refractivity contribution in [3.63, 3.8) is 0 Å². The summed E-state index contributed by atoms with van der Waals surface area (Å²) in [5, 5.41) is 0. The zero-order chi connectivity index (χ0) is 16.2. The highest BCUT2D eigenvalue weighted by atomic mass is 16.5. The second-order valence-corrected chi connectivity index (χ2v) is 5.42. The van der Waals surface area contributed by atoms with Crippen molar-refractivity contribution in [2.45, 2.75) is 25.7 Å². The largest absolute Gasteiger partial charge is 0.353 e. The molecule has 117 valence electrons. The smallest absolute Gasteiger partial charge is 0.263 e. The molecule has 1 unspecified atom stereocenters. The second kappa shape index (κ2) is 6.75. The maximum Gasteiger partial charge on any atom is 0.263 e. The van der Waals surface area contributed by atoms with E-state index < -0.39 is 6.23 Å². The number of fused-ring (bicyclic) bond motifs is 1. The van der Waals surface area contributed by atoms with Crippen LogP contribution in [0.25, 0.3) is 0 Å². The van der Waals surface area contributed by atoms with Crippen molar-refractivity contribution in [1.82, 2.24) is 4.90 Å². The predicted octanol–water partition coefficient (Wildman–Crippen LogP) is 3.44. The van der Waals surface area contributed by atoms with Crippen LogP contribution < -0.4 is 0 Å². The SMILES string of the molecule is [CH2]CCC(OCc1ccccc1)N1C(=O)c2ccccc2C1=O. The minimum absolute atomic E-state index is 0.294. The van der Waals surface area contributed by atoms with Gasteiger partial charge in [-0.1, -0.05) is 49.4 Å². The van der Waals surface area contributed by atoms with Crippen molar-refractivity contribution in [1.29, 1.82) is 0 Å². The lowest BCUT2D eigenvalue weighted by atomic mass is 10.1. The third kappa shape index (κ3) is 3.03. The number of hydrogen-bond acceptors (Lipinski definition) is 3. The summed E-state index contributed by atoms with van der Waals surface area (Å²) in [5.41, 5.74) is 1.88. The molecule has 1 aliphatic heterocycles. The number of amides is 2. The molecule has 1 aliphatic rings. The van der Waals surface area contributed by atoms with Crippen LogP contribution in [0.1, 0.15) is 39.1 Å². The molecule has 1 atom stereocenters. The van der Waals surface area contributed by atoms with Crippen LogP contribution in [0.5, 0.6) is 0 Å². The molecule has 0 aromatic heterocycles. The van der Waals surface area contributed by atoms with Gasteiger partial charge in [-0.2, -0.15) is 0 Å². The summed E-state index contributed by atoms with van der Waals surface area (Å²) in [7, 11) is 0. The first-order valence-electron chi connectivity index (χ1n) is 7.64. The van der Waals surface area contributed by atoms with E-state index in [1.807, 2.05) is 30.3 Å². The number of rotatable bonds is 6. The van der Waals surface area contributed by atoms with E-state index in [1.54, 1.807) is 24.3 Å². The standard InChI is InChI=1S/C19H18NO3/c1-2-8-17(23-13-14-9-4-3-5-10-14)20-18(21)15-11-6-7-12-16(15)19(20)22/h3-7,9-12,17H,1-2,8,13H2. The van der Waals surface area contributed by atoms with E-state index in [0.29, 0.717) is 30.6 Å². The first-order chi connectivity index (χ1) is 11.2. The lowest BCUT2D eigenvalue weighted by Gasteiger charge is -2.26. The Morgan fingerprint density at radius 2 is 1.48 bits per heavy atom. The molecule has 1 radical (unpaired) electrons. The van der Waals surface area contributed by atoms with Crippen molar-refractivity contribution in [2.75, 3.05) is 0 Å². The molecule has 23 heavy (non-hydrogen) atoms. The van der Waals surface area contributed by atoms with Gasteiger partial charge >= 0.3 is 0 Å². The van der Waals surface area contributed by atoms with Crippen molar-refractivity contribution < 1.29 is 14.3 Å². The van der Waals surface area contributed by atoms with Crippen LogP contribution in [0.3, 0.4) is 0 Å². The number of carbonyl (C=O) groups is 2. The monoisotopic (exact) mass is 308 g/mol. The Bertz CT molecular complexity index is 677. The van der Waals surface area contributed by atoms with Gasteiger partial charge < -0.3 is 4.74 Å². The molecule has 0 fully saturated rings. The Morgan fingerprint density at radius 1 is 0.913 bits per heavy atom. The van der Waals surface area contributed by atoms with Crippen molar-refractivity contribution in [3.8, 4) is 0 Å². The number of ether oxygens (including phenoxy) is 1. The molecule has 2 aromatic carbocycles. The highest BCUT2D eigenvalue weighted by Gasteiger charge is 2.39. The Morgan fingerprint density at radius 3 is 2.04 bits per heavy atom. The average Bonchev–Trinajstić information content (AvgIpc) is 2.84. The van der Waals surface area contributed by atoms with Gasteiger partial charge in [-0.25, -0.2) is 4.90 Å². The maximum atomic E-state index is 12.5. The van der Waals surface area contributed by atoms with E-state index in [-0.39, 0.29) is 11.8 Å². The number of carbonyl (C=O) groups excluding carboxylic acids is 2. The van der Waals surface area contributed by atoms with E-state index in [2.05, 4.69) is 6.92 Å². The average molecular weight is 308 g/mol. The molecule has 4 heteroatoms. The van der Waals surface area contributed by atoms with Crippen molar-refractivity contribution >= 4 is 11.8 Å². The summed E-state index contributed by atoms with van der Waals surface area (Å²) in [6, 6.07) is 16.5. The van der Waals surface area contributed by atoms with Crippen LogP contribution >= 0.6 is 0 Å². The molecule has 0 bridgehead atoms. The first kappa shape index (κ1) is 15.4. The van der Waals surface area contributed by atoms with Crippen LogP contribution in [0.15, 0.2) is 54.6 Å². The number of nitrogens with zero attached hydrogens (tertiary/aromatic N) is 1. The van der Waals surface area contributed by atoms with Gasteiger partial charge in [-0.15, -0.1) is 0 Å².